The lowest BCUT2D eigenvalue weighted by Crippen LogP contribution is -2.40. The minimum absolute atomic E-state index is 0.0964. The standard InChI is InChI=1S/C15H22N2O3/c1-5-9(2)13(16)14(18)17-12-8-11(15(19)20-4)7-6-10(12)3/h6-9,13H,5,16H2,1-4H3,(H,17,18)/t9-,13-/m0/s1. The smallest absolute Gasteiger partial charge is 0.337 e. The maximum Gasteiger partial charge on any atom is 0.337 e. The van der Waals surface area contributed by atoms with Gasteiger partial charge in [0.15, 0.2) is 0 Å². The van der Waals surface area contributed by atoms with Gasteiger partial charge in [-0.25, -0.2) is 4.79 Å². The van der Waals surface area contributed by atoms with Crippen LogP contribution in [-0.2, 0) is 9.53 Å². The van der Waals surface area contributed by atoms with Gasteiger partial charge in [0.25, 0.3) is 0 Å². The molecular weight excluding hydrogens is 256 g/mol. The number of carbonyl (C=O) groups excluding carboxylic acids is 2. The van der Waals surface area contributed by atoms with Crippen LogP contribution in [0.1, 0.15) is 36.2 Å². The van der Waals surface area contributed by atoms with E-state index in [2.05, 4.69) is 10.1 Å². The second kappa shape index (κ2) is 7.05. The Hall–Kier alpha value is -1.88. The van der Waals surface area contributed by atoms with E-state index >= 15 is 0 Å². The summed E-state index contributed by atoms with van der Waals surface area (Å²) < 4.78 is 4.66. The van der Waals surface area contributed by atoms with Gasteiger partial charge in [-0.15, -0.1) is 0 Å². The molecule has 0 bridgehead atoms. The Morgan fingerprint density at radius 2 is 2.05 bits per heavy atom. The van der Waals surface area contributed by atoms with E-state index in [-0.39, 0.29) is 11.8 Å². The van der Waals surface area contributed by atoms with Crippen LogP contribution in [-0.4, -0.2) is 25.0 Å². The molecule has 0 aliphatic rings. The van der Waals surface area contributed by atoms with Crippen molar-refractivity contribution in [2.45, 2.75) is 33.2 Å². The highest BCUT2D eigenvalue weighted by Gasteiger charge is 2.20. The molecule has 0 unspecified atom stereocenters. The molecule has 0 aromatic heterocycles. The molecule has 0 aliphatic carbocycles. The molecule has 1 aromatic rings. The Balaban J connectivity index is 2.91. The molecule has 0 radical (unpaired) electrons. The molecule has 1 aromatic carbocycles. The number of ether oxygens (including phenoxy) is 1. The summed E-state index contributed by atoms with van der Waals surface area (Å²) in [6.07, 6.45) is 0.829. The van der Waals surface area contributed by atoms with Gasteiger partial charge in [-0.3, -0.25) is 4.79 Å². The third-order valence-corrected chi connectivity index (χ3v) is 3.48. The minimum Gasteiger partial charge on any atom is -0.465 e. The van der Waals surface area contributed by atoms with Gasteiger partial charge in [-0.1, -0.05) is 26.3 Å². The van der Waals surface area contributed by atoms with Crippen LogP contribution < -0.4 is 11.1 Å². The summed E-state index contributed by atoms with van der Waals surface area (Å²) in [6.45, 7) is 5.77. The number of nitrogens with one attached hydrogen (secondary N) is 1. The molecule has 1 rings (SSSR count). The Bertz CT molecular complexity index is 500. The van der Waals surface area contributed by atoms with Crippen molar-refractivity contribution in [3.63, 3.8) is 0 Å². The van der Waals surface area contributed by atoms with Crippen LogP contribution in [0.5, 0.6) is 0 Å². The topological polar surface area (TPSA) is 81.4 Å². The molecule has 0 saturated heterocycles. The fourth-order valence-corrected chi connectivity index (χ4v) is 1.73. The largest absolute Gasteiger partial charge is 0.465 e. The number of anilines is 1. The second-order valence-electron chi connectivity index (χ2n) is 4.92. The van der Waals surface area contributed by atoms with E-state index in [4.69, 9.17) is 5.73 Å². The zero-order valence-corrected chi connectivity index (χ0v) is 12.4. The Kier molecular flexibility index (Phi) is 5.70. The van der Waals surface area contributed by atoms with E-state index in [0.717, 1.165) is 12.0 Å². The van der Waals surface area contributed by atoms with Gasteiger partial charge in [-0.05, 0) is 30.5 Å². The monoisotopic (exact) mass is 278 g/mol. The predicted octanol–water partition coefficient (Wildman–Crippen LogP) is 2.09. The summed E-state index contributed by atoms with van der Waals surface area (Å²) in [7, 11) is 1.32. The minimum atomic E-state index is -0.568. The van der Waals surface area contributed by atoms with Crippen molar-refractivity contribution in [3.8, 4) is 0 Å². The van der Waals surface area contributed by atoms with Crippen LogP contribution in [0.4, 0.5) is 5.69 Å². The summed E-state index contributed by atoms with van der Waals surface area (Å²) in [5.41, 5.74) is 7.73. The predicted molar refractivity (Wildman–Crippen MR) is 78.6 cm³/mol. The first-order valence-corrected chi connectivity index (χ1v) is 6.66. The van der Waals surface area contributed by atoms with Crippen LogP contribution in [0.3, 0.4) is 0 Å². The first-order chi connectivity index (χ1) is 9.40. The van der Waals surface area contributed by atoms with Crippen LogP contribution >= 0.6 is 0 Å². The van der Waals surface area contributed by atoms with Crippen molar-refractivity contribution in [1.29, 1.82) is 0 Å². The summed E-state index contributed by atoms with van der Waals surface area (Å²) in [6, 6.07) is 4.45. The molecule has 5 heteroatoms. The maximum absolute atomic E-state index is 12.1. The fourth-order valence-electron chi connectivity index (χ4n) is 1.73. The lowest BCUT2D eigenvalue weighted by atomic mass is 9.99. The van der Waals surface area contributed by atoms with E-state index in [1.165, 1.54) is 7.11 Å². The van der Waals surface area contributed by atoms with Crippen molar-refractivity contribution < 1.29 is 14.3 Å². The lowest BCUT2D eigenvalue weighted by molar-refractivity contribution is -0.118. The number of nitrogens with two attached hydrogens (primary N) is 1. The van der Waals surface area contributed by atoms with Crippen molar-refractivity contribution in [1.82, 2.24) is 0 Å². The third kappa shape index (κ3) is 3.81. The highest BCUT2D eigenvalue weighted by atomic mass is 16.5. The van der Waals surface area contributed by atoms with Gasteiger partial charge in [-0.2, -0.15) is 0 Å². The first kappa shape index (κ1) is 16.2. The molecule has 110 valence electrons. The number of amides is 1. The molecule has 0 saturated carbocycles. The molecule has 1 amide bonds. The lowest BCUT2D eigenvalue weighted by Gasteiger charge is -2.18. The summed E-state index contributed by atoms with van der Waals surface area (Å²) in [4.78, 5) is 23.6. The molecule has 3 N–H and O–H groups in total. The second-order valence-corrected chi connectivity index (χ2v) is 4.92. The normalized spacial score (nSPS) is 13.4. The van der Waals surface area contributed by atoms with Crippen molar-refractivity contribution in [3.05, 3.63) is 29.3 Å². The zero-order valence-electron chi connectivity index (χ0n) is 12.4. The summed E-state index contributed by atoms with van der Waals surface area (Å²) in [5.74, 6) is -0.588. The van der Waals surface area contributed by atoms with Crippen molar-refractivity contribution >= 4 is 17.6 Å². The molecule has 2 atom stereocenters. The van der Waals surface area contributed by atoms with Gasteiger partial charge in [0.05, 0.1) is 18.7 Å². The number of hydrogen-bond acceptors (Lipinski definition) is 4. The first-order valence-electron chi connectivity index (χ1n) is 6.66. The van der Waals surface area contributed by atoms with Crippen LogP contribution in [0.15, 0.2) is 18.2 Å². The van der Waals surface area contributed by atoms with Crippen LogP contribution in [0.2, 0.25) is 0 Å². The Morgan fingerprint density at radius 3 is 2.60 bits per heavy atom. The number of carbonyl (C=O) groups is 2. The highest BCUT2D eigenvalue weighted by molar-refractivity contribution is 5.97. The van der Waals surface area contributed by atoms with E-state index in [9.17, 15) is 9.59 Å². The quantitative estimate of drug-likeness (QED) is 0.808. The molecule has 0 heterocycles. The molecule has 0 spiro atoms. The van der Waals surface area contributed by atoms with Crippen molar-refractivity contribution in [2.75, 3.05) is 12.4 Å². The van der Waals surface area contributed by atoms with Gasteiger partial charge in [0, 0.05) is 5.69 Å². The SMILES string of the molecule is CC[C@H](C)[C@H](N)C(=O)Nc1cc(C(=O)OC)ccc1C. The molecule has 0 aliphatic heterocycles. The van der Waals surface area contributed by atoms with E-state index < -0.39 is 12.0 Å². The Labute approximate surface area is 119 Å². The van der Waals surface area contributed by atoms with Crippen molar-refractivity contribution in [2.24, 2.45) is 11.7 Å². The number of rotatable bonds is 5. The number of aryl methyl sites for hydroxylation is 1. The van der Waals surface area contributed by atoms with Crippen LogP contribution in [0.25, 0.3) is 0 Å². The van der Waals surface area contributed by atoms with Crippen LogP contribution in [0, 0.1) is 12.8 Å². The fraction of sp³-hybridized carbons (Fsp3) is 0.467. The van der Waals surface area contributed by atoms with Gasteiger partial charge in [0.1, 0.15) is 0 Å². The van der Waals surface area contributed by atoms with Gasteiger partial charge in [0.2, 0.25) is 5.91 Å². The third-order valence-electron chi connectivity index (χ3n) is 3.48. The number of methoxy groups -OCH3 is 1. The Morgan fingerprint density at radius 1 is 1.40 bits per heavy atom. The van der Waals surface area contributed by atoms with Gasteiger partial charge < -0.3 is 15.8 Å². The average Bonchev–Trinajstić information content (AvgIpc) is 2.46. The van der Waals surface area contributed by atoms with E-state index in [0.29, 0.717) is 11.3 Å². The number of esters is 1. The summed E-state index contributed by atoms with van der Waals surface area (Å²) >= 11 is 0. The molecule has 0 fully saturated rings. The molecule has 5 nitrogen and oxygen atoms in total. The zero-order chi connectivity index (χ0) is 15.3. The number of hydrogen-bond donors (Lipinski definition) is 2. The molecular formula is C15H22N2O3. The molecule has 20 heavy (non-hydrogen) atoms. The number of benzene rings is 1. The summed E-state index contributed by atoms with van der Waals surface area (Å²) in [5, 5.41) is 2.77. The highest BCUT2D eigenvalue weighted by Crippen LogP contribution is 2.18. The van der Waals surface area contributed by atoms with E-state index in [1.54, 1.807) is 18.2 Å². The van der Waals surface area contributed by atoms with Gasteiger partial charge >= 0.3 is 5.97 Å². The van der Waals surface area contributed by atoms with E-state index in [1.807, 2.05) is 20.8 Å². The average molecular weight is 278 g/mol. The maximum atomic E-state index is 12.1.